The van der Waals surface area contributed by atoms with Crippen LogP contribution in [0.4, 0.5) is 11.6 Å². The molecule has 0 saturated heterocycles. The van der Waals surface area contributed by atoms with Gasteiger partial charge >= 0.3 is 0 Å². The summed E-state index contributed by atoms with van der Waals surface area (Å²) in [6.07, 6.45) is 3.37. The predicted octanol–water partition coefficient (Wildman–Crippen LogP) is 1.15. The van der Waals surface area contributed by atoms with Crippen LogP contribution in [0.5, 0.6) is 0 Å². The maximum atomic E-state index is 5.29. The maximum absolute atomic E-state index is 5.29. The summed E-state index contributed by atoms with van der Waals surface area (Å²) >= 11 is 0. The average Bonchev–Trinajstić information content (AvgIpc) is 2.09. The Balaban J connectivity index is 0.000000561. The molecule has 0 amide bonds. The lowest BCUT2D eigenvalue weighted by molar-refractivity contribution is 1.08. The predicted molar refractivity (Wildman–Crippen MR) is 52.1 cm³/mol. The summed E-state index contributed by atoms with van der Waals surface area (Å²) in [7, 11) is 3.85. The van der Waals surface area contributed by atoms with Crippen molar-refractivity contribution in [2.24, 2.45) is 0 Å². The topological polar surface area (TPSA) is 55.0 Å². The molecule has 2 N–H and O–H groups in total. The fourth-order valence-corrected chi connectivity index (χ4v) is 0.562. The Labute approximate surface area is 73.4 Å². The first-order valence-corrected chi connectivity index (χ1v) is 3.95. The van der Waals surface area contributed by atoms with Crippen LogP contribution in [-0.2, 0) is 0 Å². The van der Waals surface area contributed by atoms with Crippen LogP contribution in [0.2, 0.25) is 0 Å². The number of hydrogen-bond donors (Lipinski definition) is 1. The van der Waals surface area contributed by atoms with Gasteiger partial charge in [0, 0.05) is 14.1 Å². The fourth-order valence-electron chi connectivity index (χ4n) is 0.562. The van der Waals surface area contributed by atoms with Crippen molar-refractivity contribution >= 4 is 11.6 Å². The molecule has 1 aromatic heterocycles. The third-order valence-corrected chi connectivity index (χ3v) is 1.17. The van der Waals surface area contributed by atoms with Crippen LogP contribution >= 0.6 is 0 Å². The van der Waals surface area contributed by atoms with E-state index in [-0.39, 0.29) is 0 Å². The molecule has 0 saturated carbocycles. The van der Waals surface area contributed by atoms with Gasteiger partial charge in [0.2, 0.25) is 5.95 Å². The molecule has 0 bridgehead atoms. The molecule has 0 radical (unpaired) electrons. The highest BCUT2D eigenvalue weighted by molar-refractivity contribution is 5.41. The van der Waals surface area contributed by atoms with E-state index in [9.17, 15) is 0 Å². The number of aromatic nitrogens is 2. The van der Waals surface area contributed by atoms with Crippen LogP contribution in [0.1, 0.15) is 13.8 Å². The molecule has 4 nitrogen and oxygen atoms in total. The number of anilines is 2. The smallest absolute Gasteiger partial charge is 0.220 e. The third kappa shape index (κ3) is 3.18. The van der Waals surface area contributed by atoms with E-state index in [0.29, 0.717) is 5.95 Å². The second-order valence-electron chi connectivity index (χ2n) is 2.19. The first kappa shape index (κ1) is 10.7. The van der Waals surface area contributed by atoms with Crippen molar-refractivity contribution in [3.8, 4) is 0 Å². The number of nitrogen functional groups attached to an aromatic ring is 1. The molecule has 1 aromatic rings. The van der Waals surface area contributed by atoms with Crippen molar-refractivity contribution in [3.63, 3.8) is 0 Å². The van der Waals surface area contributed by atoms with Gasteiger partial charge in [0.15, 0.2) is 0 Å². The first-order valence-electron chi connectivity index (χ1n) is 3.95. The molecular weight excluding hydrogens is 152 g/mol. The van der Waals surface area contributed by atoms with E-state index in [4.69, 9.17) is 5.73 Å². The highest BCUT2D eigenvalue weighted by Crippen LogP contribution is 2.05. The zero-order valence-electron chi connectivity index (χ0n) is 8.07. The van der Waals surface area contributed by atoms with Gasteiger partial charge in [0.25, 0.3) is 0 Å². The standard InChI is InChI=1S/C6H10N4.C2H6/c1-10(2)5-3-8-6(7)9-4-5;1-2/h3-4H,1-2H3,(H2,7,8,9);1-2H3. The molecule has 0 aliphatic rings. The summed E-state index contributed by atoms with van der Waals surface area (Å²) in [6.45, 7) is 4.00. The zero-order valence-corrected chi connectivity index (χ0v) is 8.07. The molecule has 1 rings (SSSR count). The molecular formula is C8H16N4. The molecule has 4 heteroatoms. The lowest BCUT2D eigenvalue weighted by atomic mass is 10.5. The molecule has 0 atom stereocenters. The minimum absolute atomic E-state index is 0.311. The maximum Gasteiger partial charge on any atom is 0.220 e. The monoisotopic (exact) mass is 168 g/mol. The quantitative estimate of drug-likeness (QED) is 0.683. The van der Waals surface area contributed by atoms with Gasteiger partial charge in [-0.1, -0.05) is 13.8 Å². The van der Waals surface area contributed by atoms with Gasteiger partial charge < -0.3 is 10.6 Å². The van der Waals surface area contributed by atoms with Crippen LogP contribution < -0.4 is 10.6 Å². The van der Waals surface area contributed by atoms with Crippen LogP contribution in [0.15, 0.2) is 12.4 Å². The molecule has 1 heterocycles. The second kappa shape index (κ2) is 5.35. The van der Waals surface area contributed by atoms with Crippen molar-refractivity contribution in [3.05, 3.63) is 12.4 Å². The number of rotatable bonds is 1. The lowest BCUT2D eigenvalue weighted by Crippen LogP contribution is -2.09. The molecule has 0 aliphatic heterocycles. The number of nitrogens with zero attached hydrogens (tertiary/aromatic N) is 3. The van der Waals surface area contributed by atoms with Gasteiger partial charge in [-0.25, -0.2) is 9.97 Å². The van der Waals surface area contributed by atoms with Gasteiger partial charge in [-0.15, -0.1) is 0 Å². The van der Waals surface area contributed by atoms with Crippen LogP contribution in [0.25, 0.3) is 0 Å². The van der Waals surface area contributed by atoms with Gasteiger partial charge in [0.05, 0.1) is 18.1 Å². The number of nitrogens with two attached hydrogens (primary N) is 1. The van der Waals surface area contributed by atoms with Gasteiger partial charge in [0.1, 0.15) is 0 Å². The minimum atomic E-state index is 0.311. The Bertz CT molecular complexity index is 205. The van der Waals surface area contributed by atoms with Crippen LogP contribution in [0, 0.1) is 0 Å². The van der Waals surface area contributed by atoms with Crippen LogP contribution in [-0.4, -0.2) is 24.1 Å². The van der Waals surface area contributed by atoms with E-state index < -0.39 is 0 Å². The Morgan fingerprint density at radius 2 is 1.58 bits per heavy atom. The summed E-state index contributed by atoms with van der Waals surface area (Å²) < 4.78 is 0. The van der Waals surface area contributed by atoms with Crippen molar-refractivity contribution < 1.29 is 0 Å². The lowest BCUT2D eigenvalue weighted by Gasteiger charge is -2.09. The SMILES string of the molecule is CC.CN(C)c1cnc(N)nc1. The van der Waals surface area contributed by atoms with E-state index in [2.05, 4.69) is 9.97 Å². The summed E-state index contributed by atoms with van der Waals surface area (Å²) in [6, 6.07) is 0. The molecule has 0 aromatic carbocycles. The molecule has 0 unspecified atom stereocenters. The highest BCUT2D eigenvalue weighted by Gasteiger charge is 1.93. The van der Waals surface area contributed by atoms with E-state index in [1.807, 2.05) is 32.8 Å². The molecule has 0 aliphatic carbocycles. The summed E-state index contributed by atoms with van der Waals surface area (Å²) in [5, 5.41) is 0. The zero-order chi connectivity index (χ0) is 9.56. The first-order chi connectivity index (χ1) is 5.70. The minimum Gasteiger partial charge on any atom is -0.375 e. The Hall–Kier alpha value is -1.32. The number of hydrogen-bond acceptors (Lipinski definition) is 4. The van der Waals surface area contributed by atoms with E-state index >= 15 is 0 Å². The average molecular weight is 168 g/mol. The Morgan fingerprint density at radius 3 is 1.92 bits per heavy atom. The van der Waals surface area contributed by atoms with Crippen molar-refractivity contribution in [1.29, 1.82) is 0 Å². The summed E-state index contributed by atoms with van der Waals surface area (Å²) in [4.78, 5) is 9.57. The highest BCUT2D eigenvalue weighted by atomic mass is 15.1. The second-order valence-corrected chi connectivity index (χ2v) is 2.19. The van der Waals surface area contributed by atoms with Gasteiger partial charge in [-0.2, -0.15) is 0 Å². The third-order valence-electron chi connectivity index (χ3n) is 1.17. The molecule has 12 heavy (non-hydrogen) atoms. The largest absolute Gasteiger partial charge is 0.375 e. The van der Waals surface area contributed by atoms with E-state index in [1.165, 1.54) is 0 Å². The van der Waals surface area contributed by atoms with Gasteiger partial charge in [-0.05, 0) is 0 Å². The summed E-state index contributed by atoms with van der Waals surface area (Å²) in [5.41, 5.74) is 6.24. The Morgan fingerprint density at radius 1 is 1.17 bits per heavy atom. The normalized spacial score (nSPS) is 8.33. The van der Waals surface area contributed by atoms with Crippen molar-refractivity contribution in [1.82, 2.24) is 9.97 Å². The summed E-state index contributed by atoms with van der Waals surface area (Å²) in [5.74, 6) is 0.311. The Kier molecular flexibility index (Phi) is 4.76. The van der Waals surface area contributed by atoms with E-state index in [0.717, 1.165) is 5.69 Å². The van der Waals surface area contributed by atoms with Crippen molar-refractivity contribution in [2.45, 2.75) is 13.8 Å². The molecule has 0 fully saturated rings. The molecule has 0 spiro atoms. The van der Waals surface area contributed by atoms with Gasteiger partial charge in [-0.3, -0.25) is 0 Å². The van der Waals surface area contributed by atoms with Crippen molar-refractivity contribution in [2.75, 3.05) is 24.7 Å². The fraction of sp³-hybridized carbons (Fsp3) is 0.500. The van der Waals surface area contributed by atoms with E-state index in [1.54, 1.807) is 12.4 Å². The molecule has 68 valence electrons. The van der Waals surface area contributed by atoms with Crippen LogP contribution in [0.3, 0.4) is 0 Å².